The SMILES string of the molecule is c1ccc2c(-c3cc(-c4cccc5ccccc45)c4ncoc4c3)cccc2c1. The maximum atomic E-state index is 5.76. The second kappa shape index (κ2) is 6.32. The van der Waals surface area contributed by atoms with Gasteiger partial charge in [0.15, 0.2) is 12.0 Å². The van der Waals surface area contributed by atoms with Gasteiger partial charge < -0.3 is 4.42 Å². The van der Waals surface area contributed by atoms with E-state index in [4.69, 9.17) is 4.42 Å². The third kappa shape index (κ3) is 2.54. The lowest BCUT2D eigenvalue weighted by Gasteiger charge is -2.12. The van der Waals surface area contributed by atoms with Crippen LogP contribution in [0.5, 0.6) is 0 Å². The Morgan fingerprint density at radius 2 is 1.17 bits per heavy atom. The van der Waals surface area contributed by atoms with Crippen LogP contribution in [0.15, 0.2) is 108 Å². The third-order valence-electron chi connectivity index (χ3n) is 5.62. The highest BCUT2D eigenvalue weighted by Crippen LogP contribution is 2.38. The number of hydrogen-bond donors (Lipinski definition) is 0. The van der Waals surface area contributed by atoms with Crippen LogP contribution >= 0.6 is 0 Å². The van der Waals surface area contributed by atoms with Crippen LogP contribution < -0.4 is 0 Å². The van der Waals surface area contributed by atoms with Crippen molar-refractivity contribution in [3.63, 3.8) is 0 Å². The van der Waals surface area contributed by atoms with E-state index >= 15 is 0 Å². The average molecular weight is 371 g/mol. The number of benzene rings is 5. The molecule has 136 valence electrons. The fourth-order valence-electron chi connectivity index (χ4n) is 4.26. The quantitative estimate of drug-likeness (QED) is 0.315. The molecule has 6 rings (SSSR count). The molecule has 0 aliphatic rings. The van der Waals surface area contributed by atoms with Crippen molar-refractivity contribution in [1.29, 1.82) is 0 Å². The fourth-order valence-corrected chi connectivity index (χ4v) is 4.26. The number of oxazole rings is 1. The van der Waals surface area contributed by atoms with Gasteiger partial charge in [-0.05, 0) is 50.4 Å². The first-order valence-corrected chi connectivity index (χ1v) is 9.72. The van der Waals surface area contributed by atoms with Crippen LogP contribution in [-0.2, 0) is 0 Å². The molecule has 0 aliphatic carbocycles. The number of aromatic nitrogens is 1. The summed E-state index contributed by atoms with van der Waals surface area (Å²) >= 11 is 0. The molecule has 0 saturated carbocycles. The number of fused-ring (bicyclic) bond motifs is 3. The molecule has 0 spiro atoms. The minimum Gasteiger partial charge on any atom is -0.443 e. The van der Waals surface area contributed by atoms with Crippen molar-refractivity contribution >= 4 is 32.6 Å². The van der Waals surface area contributed by atoms with Crippen molar-refractivity contribution in [3.8, 4) is 22.3 Å². The molecule has 0 fully saturated rings. The molecule has 0 aliphatic heterocycles. The van der Waals surface area contributed by atoms with E-state index in [1.54, 1.807) is 0 Å². The van der Waals surface area contributed by atoms with Gasteiger partial charge in [0.1, 0.15) is 5.52 Å². The normalized spacial score (nSPS) is 11.4. The number of rotatable bonds is 2. The first-order chi connectivity index (χ1) is 14.4. The van der Waals surface area contributed by atoms with E-state index in [1.165, 1.54) is 39.1 Å². The third-order valence-corrected chi connectivity index (χ3v) is 5.62. The van der Waals surface area contributed by atoms with Gasteiger partial charge in [0.25, 0.3) is 0 Å². The lowest BCUT2D eigenvalue weighted by atomic mass is 9.92. The zero-order chi connectivity index (χ0) is 19.2. The molecule has 5 aromatic carbocycles. The van der Waals surface area contributed by atoms with E-state index in [2.05, 4.69) is 102 Å². The van der Waals surface area contributed by atoms with Gasteiger partial charge >= 0.3 is 0 Å². The lowest BCUT2D eigenvalue weighted by molar-refractivity contribution is 0.602. The van der Waals surface area contributed by atoms with E-state index in [9.17, 15) is 0 Å². The Morgan fingerprint density at radius 1 is 0.552 bits per heavy atom. The largest absolute Gasteiger partial charge is 0.443 e. The van der Waals surface area contributed by atoms with Gasteiger partial charge in [-0.3, -0.25) is 0 Å². The number of nitrogens with zero attached hydrogens (tertiary/aromatic N) is 1. The van der Waals surface area contributed by atoms with E-state index in [1.807, 2.05) is 0 Å². The van der Waals surface area contributed by atoms with Crippen LogP contribution in [0.4, 0.5) is 0 Å². The summed E-state index contributed by atoms with van der Waals surface area (Å²) in [6.07, 6.45) is 1.53. The average Bonchev–Trinajstić information content (AvgIpc) is 3.26. The fraction of sp³-hybridized carbons (Fsp3) is 0. The van der Waals surface area contributed by atoms with Crippen molar-refractivity contribution in [2.24, 2.45) is 0 Å². The molecule has 0 radical (unpaired) electrons. The van der Waals surface area contributed by atoms with Crippen molar-refractivity contribution in [3.05, 3.63) is 103 Å². The van der Waals surface area contributed by atoms with Crippen LogP contribution in [0.3, 0.4) is 0 Å². The van der Waals surface area contributed by atoms with Gasteiger partial charge in [-0.2, -0.15) is 0 Å². The van der Waals surface area contributed by atoms with Crippen LogP contribution in [0.2, 0.25) is 0 Å². The summed E-state index contributed by atoms with van der Waals surface area (Å²) in [5.41, 5.74) is 6.29. The highest BCUT2D eigenvalue weighted by molar-refractivity contribution is 6.06. The Hall–Kier alpha value is -3.91. The summed E-state index contributed by atoms with van der Waals surface area (Å²) in [5, 5.41) is 4.90. The smallest absolute Gasteiger partial charge is 0.182 e. The van der Waals surface area contributed by atoms with Gasteiger partial charge in [0.05, 0.1) is 0 Å². The molecule has 2 heteroatoms. The van der Waals surface area contributed by atoms with Crippen molar-refractivity contribution in [2.75, 3.05) is 0 Å². The predicted octanol–water partition coefficient (Wildman–Crippen LogP) is 7.47. The molecular weight excluding hydrogens is 354 g/mol. The first-order valence-electron chi connectivity index (χ1n) is 9.72. The highest BCUT2D eigenvalue weighted by atomic mass is 16.3. The molecule has 1 heterocycles. The van der Waals surface area contributed by atoms with Gasteiger partial charge in [-0.15, -0.1) is 0 Å². The molecule has 0 atom stereocenters. The number of hydrogen-bond acceptors (Lipinski definition) is 2. The van der Waals surface area contributed by atoms with E-state index in [-0.39, 0.29) is 0 Å². The zero-order valence-electron chi connectivity index (χ0n) is 15.7. The molecular formula is C27H17NO. The summed E-state index contributed by atoms with van der Waals surface area (Å²) < 4.78 is 5.76. The van der Waals surface area contributed by atoms with Gasteiger partial charge in [0.2, 0.25) is 0 Å². The Morgan fingerprint density at radius 3 is 1.93 bits per heavy atom. The monoisotopic (exact) mass is 371 g/mol. The predicted molar refractivity (Wildman–Crippen MR) is 120 cm³/mol. The van der Waals surface area contributed by atoms with Crippen LogP contribution in [-0.4, -0.2) is 4.98 Å². The molecule has 0 saturated heterocycles. The van der Waals surface area contributed by atoms with Gasteiger partial charge in [-0.1, -0.05) is 84.9 Å². The van der Waals surface area contributed by atoms with Crippen molar-refractivity contribution in [1.82, 2.24) is 4.98 Å². The molecule has 0 unspecified atom stereocenters. The van der Waals surface area contributed by atoms with Crippen molar-refractivity contribution in [2.45, 2.75) is 0 Å². The second-order valence-corrected chi connectivity index (χ2v) is 7.28. The molecule has 0 N–H and O–H groups in total. The summed E-state index contributed by atoms with van der Waals surface area (Å²) in [7, 11) is 0. The zero-order valence-corrected chi connectivity index (χ0v) is 15.7. The first kappa shape index (κ1) is 16.1. The Labute approximate surface area is 168 Å². The second-order valence-electron chi connectivity index (χ2n) is 7.28. The molecule has 29 heavy (non-hydrogen) atoms. The summed E-state index contributed by atoms with van der Waals surface area (Å²) in [4.78, 5) is 4.53. The summed E-state index contributed by atoms with van der Waals surface area (Å²) in [5.74, 6) is 0. The molecule has 1 aromatic heterocycles. The van der Waals surface area contributed by atoms with Crippen LogP contribution in [0.1, 0.15) is 0 Å². The minimum atomic E-state index is 0.804. The molecule has 2 nitrogen and oxygen atoms in total. The topological polar surface area (TPSA) is 26.0 Å². The lowest BCUT2D eigenvalue weighted by Crippen LogP contribution is -1.87. The Bertz CT molecular complexity index is 1500. The van der Waals surface area contributed by atoms with E-state index < -0.39 is 0 Å². The summed E-state index contributed by atoms with van der Waals surface area (Å²) in [6.45, 7) is 0. The highest BCUT2D eigenvalue weighted by Gasteiger charge is 2.14. The van der Waals surface area contributed by atoms with Crippen molar-refractivity contribution < 1.29 is 4.42 Å². The maximum Gasteiger partial charge on any atom is 0.182 e. The van der Waals surface area contributed by atoms with E-state index in [0.29, 0.717) is 0 Å². The van der Waals surface area contributed by atoms with Crippen LogP contribution in [0.25, 0.3) is 54.9 Å². The minimum absolute atomic E-state index is 0.804. The standard InChI is InChI=1S/C27H17NO/c1-3-11-21-18(7-1)9-5-13-23(21)20-15-25(27-26(16-20)29-17-28-27)24-14-6-10-19-8-2-4-12-22(19)24/h1-17H. The van der Waals surface area contributed by atoms with Gasteiger partial charge in [-0.25, -0.2) is 4.98 Å². The molecule has 0 bridgehead atoms. The summed E-state index contributed by atoms with van der Waals surface area (Å²) in [6, 6.07) is 34.2. The van der Waals surface area contributed by atoms with E-state index in [0.717, 1.165) is 22.2 Å². The van der Waals surface area contributed by atoms with Crippen LogP contribution in [0, 0.1) is 0 Å². The van der Waals surface area contributed by atoms with Gasteiger partial charge in [0, 0.05) is 5.56 Å². The Kier molecular flexibility index (Phi) is 3.50. The molecule has 0 amide bonds. The maximum absolute atomic E-state index is 5.76. The molecule has 6 aromatic rings. The Balaban J connectivity index is 1.69.